The third kappa shape index (κ3) is 6.29. The van der Waals surface area contributed by atoms with Gasteiger partial charge in [0.15, 0.2) is 26.5 Å². The second-order valence-corrected chi connectivity index (χ2v) is 8.15. The van der Waals surface area contributed by atoms with E-state index in [1.807, 2.05) is 13.8 Å². The van der Waals surface area contributed by atoms with Crippen LogP contribution in [0.1, 0.15) is 44.2 Å². The molecule has 31 heavy (non-hydrogen) atoms. The van der Waals surface area contributed by atoms with Crippen molar-refractivity contribution in [2.24, 2.45) is 0 Å². The third-order valence-electron chi connectivity index (χ3n) is 3.94. The molecular formula is C21H32N6O3S. The summed E-state index contributed by atoms with van der Waals surface area (Å²) in [5.74, 6) is 5.47. The van der Waals surface area contributed by atoms with Gasteiger partial charge in [-0.1, -0.05) is 46.6 Å². The number of carbonyl (C=O) groups excluding carboxylic acids is 1. The lowest BCUT2D eigenvalue weighted by Crippen LogP contribution is -2.13. The lowest BCUT2D eigenvalue weighted by atomic mass is 9.98. The minimum absolute atomic E-state index is 0. The summed E-state index contributed by atoms with van der Waals surface area (Å²) in [5, 5.41) is 6.72. The summed E-state index contributed by atoms with van der Waals surface area (Å²) in [5.41, 5.74) is 7.85. The Balaban J connectivity index is 0.00000291. The van der Waals surface area contributed by atoms with Crippen LogP contribution in [0.4, 0.5) is 17.2 Å². The van der Waals surface area contributed by atoms with Gasteiger partial charge in [0.1, 0.15) is 5.69 Å². The zero-order valence-corrected chi connectivity index (χ0v) is 18.7. The average Bonchev–Trinajstić information content (AvgIpc) is 2.93. The van der Waals surface area contributed by atoms with Gasteiger partial charge >= 0.3 is 0 Å². The molecule has 9 nitrogen and oxygen atoms in total. The van der Waals surface area contributed by atoms with Crippen LogP contribution in [0.15, 0.2) is 53.7 Å². The van der Waals surface area contributed by atoms with Gasteiger partial charge in [0.05, 0.1) is 16.9 Å². The number of nitrogens with zero attached hydrogens (tertiary/aromatic N) is 3. The predicted molar refractivity (Wildman–Crippen MR) is 128 cm³/mol. The van der Waals surface area contributed by atoms with E-state index in [0.717, 1.165) is 11.0 Å². The van der Waals surface area contributed by atoms with E-state index in [1.54, 1.807) is 13.8 Å². The van der Waals surface area contributed by atoms with Gasteiger partial charge in [-0.2, -0.15) is 4.79 Å². The number of nitrogens with one attached hydrogen (secondary N) is 1. The predicted octanol–water partition coefficient (Wildman–Crippen LogP) is 3.56. The first-order valence-corrected chi connectivity index (χ1v) is 11.0. The molecule has 2 rings (SSSR count). The number of sulfone groups is 1. The molecule has 0 aliphatic rings. The molecule has 2 aromatic heterocycles. The minimum atomic E-state index is -3.61. The molecule has 0 aromatic carbocycles. The van der Waals surface area contributed by atoms with E-state index in [1.165, 1.54) is 24.4 Å². The van der Waals surface area contributed by atoms with Gasteiger partial charge in [0.25, 0.3) is 0 Å². The fourth-order valence-electron chi connectivity index (χ4n) is 2.35. The summed E-state index contributed by atoms with van der Waals surface area (Å²) in [6.07, 6.45) is 5.19. The molecule has 170 valence electrons. The highest BCUT2D eigenvalue weighted by atomic mass is 32.2. The zero-order valence-electron chi connectivity index (χ0n) is 17.9. The van der Waals surface area contributed by atoms with E-state index < -0.39 is 15.6 Å². The topological polar surface area (TPSA) is 146 Å². The van der Waals surface area contributed by atoms with Crippen LogP contribution in [-0.4, -0.2) is 35.3 Å². The molecule has 0 radical (unpaired) electrons. The van der Waals surface area contributed by atoms with Gasteiger partial charge in [-0.05, 0) is 25.5 Å². The highest BCUT2D eigenvalue weighted by Gasteiger charge is 2.22. The Kier molecular flexibility index (Phi) is 9.90. The van der Waals surface area contributed by atoms with Gasteiger partial charge in [0, 0.05) is 18.0 Å². The first-order valence-electron chi connectivity index (χ1n) is 9.08. The molecule has 0 unspecified atom stereocenters. The Hall–Kier alpha value is -3.40. The first-order chi connectivity index (χ1) is 14.0. The van der Waals surface area contributed by atoms with Crippen LogP contribution in [-0.2, 0) is 9.84 Å². The van der Waals surface area contributed by atoms with Crippen LogP contribution in [0.2, 0.25) is 0 Å². The number of pyridine rings is 1. The number of rotatable bonds is 7. The van der Waals surface area contributed by atoms with E-state index in [-0.39, 0.29) is 35.2 Å². The molecule has 0 fully saturated rings. The van der Waals surface area contributed by atoms with E-state index >= 15 is 0 Å². The van der Waals surface area contributed by atoms with Crippen molar-refractivity contribution in [3.63, 3.8) is 0 Å². The number of anilines is 3. The summed E-state index contributed by atoms with van der Waals surface area (Å²) in [6.45, 7) is 14.7. The molecule has 0 atom stereocenters. The number of allylic oxidation sites excluding steroid dienone is 4. The number of nitrogen functional groups attached to an aromatic ring is 2. The number of aromatic nitrogens is 3. The van der Waals surface area contributed by atoms with Crippen molar-refractivity contribution in [1.82, 2.24) is 14.9 Å². The van der Waals surface area contributed by atoms with Crippen LogP contribution in [0.5, 0.6) is 0 Å². The normalized spacial score (nSPS) is 10.9. The molecule has 10 heteroatoms. The molecule has 0 aliphatic carbocycles. The first kappa shape index (κ1) is 27.6. The fourth-order valence-corrected chi connectivity index (χ4v) is 2.93. The van der Waals surface area contributed by atoms with Crippen molar-refractivity contribution < 1.29 is 13.2 Å². The maximum absolute atomic E-state index is 13.0. The Bertz CT molecular complexity index is 1110. The van der Waals surface area contributed by atoms with Crippen LogP contribution in [0.25, 0.3) is 0 Å². The molecule has 2 heterocycles. The molecule has 0 amide bonds. The number of ketones is 1. The standard InChI is InChI=1S/C18H22N6O3S.C2H6.CH4/c1-6-7-12(10(2)3)17(25)13-9-21-15(28(5,26)27)8-14(13)22-18-16(19)11(4)24(20)23-18;1-2;/h6-9H,1-2,19-20H2,3-5H3,(H,21,22,23);1-2H3;1H4/b12-7+;;. The maximum Gasteiger partial charge on any atom is 0.196 e. The maximum atomic E-state index is 13.0. The second kappa shape index (κ2) is 11.1. The number of nitrogens with two attached hydrogens (primary N) is 2. The Morgan fingerprint density at radius 1 is 1.32 bits per heavy atom. The number of hydrogen-bond donors (Lipinski definition) is 3. The highest BCUT2D eigenvalue weighted by Crippen LogP contribution is 2.29. The Morgan fingerprint density at radius 3 is 2.32 bits per heavy atom. The third-order valence-corrected chi connectivity index (χ3v) is 4.92. The molecule has 2 aromatic rings. The van der Waals surface area contributed by atoms with Gasteiger partial charge in [0.2, 0.25) is 0 Å². The van der Waals surface area contributed by atoms with Crippen molar-refractivity contribution in [2.45, 2.75) is 40.1 Å². The lowest BCUT2D eigenvalue weighted by molar-refractivity contribution is 0.103. The molecule has 5 N–H and O–H groups in total. The second-order valence-electron chi connectivity index (χ2n) is 6.18. The van der Waals surface area contributed by atoms with E-state index in [0.29, 0.717) is 16.8 Å². The molecule has 0 bridgehead atoms. The summed E-state index contributed by atoms with van der Waals surface area (Å²) in [4.78, 5) is 18.0. The van der Waals surface area contributed by atoms with Crippen LogP contribution < -0.4 is 16.9 Å². The van der Waals surface area contributed by atoms with E-state index in [4.69, 9.17) is 11.6 Å². The lowest BCUT2D eigenvalue weighted by Gasteiger charge is -2.13. The Labute approximate surface area is 184 Å². The van der Waals surface area contributed by atoms with Crippen molar-refractivity contribution in [1.29, 1.82) is 0 Å². The van der Waals surface area contributed by atoms with Gasteiger partial charge in [-0.25, -0.2) is 13.4 Å². The summed E-state index contributed by atoms with van der Waals surface area (Å²) in [6, 6.07) is 1.25. The van der Waals surface area contributed by atoms with E-state index in [2.05, 4.69) is 28.6 Å². The molecule has 0 aliphatic heterocycles. The quantitative estimate of drug-likeness (QED) is 0.252. The largest absolute Gasteiger partial charge is 0.394 e. The summed E-state index contributed by atoms with van der Waals surface area (Å²) >= 11 is 0. The van der Waals surface area contributed by atoms with Crippen LogP contribution >= 0.6 is 0 Å². The SMILES string of the molecule is C.C=C/C=C(\C(=C)C)C(=O)c1cnc(S(C)(=O)=O)cc1Nc1nn(N)c(C)c1N.CC. The molecule has 0 saturated carbocycles. The molecular weight excluding hydrogens is 416 g/mol. The number of carbonyl (C=O) groups is 1. The number of hydrogen-bond acceptors (Lipinski definition) is 8. The fraction of sp³-hybridized carbons (Fsp3) is 0.286. The number of Topliss-reactive ketones (excluding diaryl/α,β-unsaturated/α-hetero) is 1. The van der Waals surface area contributed by atoms with Crippen molar-refractivity contribution in [3.8, 4) is 0 Å². The average molecular weight is 449 g/mol. The summed E-state index contributed by atoms with van der Waals surface area (Å²) < 4.78 is 23.8. The molecule has 0 saturated heterocycles. The summed E-state index contributed by atoms with van der Waals surface area (Å²) in [7, 11) is -3.61. The van der Waals surface area contributed by atoms with Gasteiger partial charge < -0.3 is 16.9 Å². The Morgan fingerprint density at radius 2 is 1.90 bits per heavy atom. The van der Waals surface area contributed by atoms with Crippen molar-refractivity contribution >= 4 is 32.8 Å². The zero-order chi connectivity index (χ0) is 23.2. The van der Waals surface area contributed by atoms with Crippen molar-refractivity contribution in [3.05, 3.63) is 60.0 Å². The van der Waals surface area contributed by atoms with Gasteiger partial charge in [-0.15, -0.1) is 5.10 Å². The van der Waals surface area contributed by atoms with Crippen molar-refractivity contribution in [2.75, 3.05) is 23.1 Å². The van der Waals surface area contributed by atoms with Gasteiger partial charge in [-0.3, -0.25) is 4.79 Å². The smallest absolute Gasteiger partial charge is 0.196 e. The van der Waals surface area contributed by atoms with E-state index in [9.17, 15) is 13.2 Å². The minimum Gasteiger partial charge on any atom is -0.394 e. The van der Waals surface area contributed by atoms with Crippen LogP contribution in [0.3, 0.4) is 0 Å². The molecule has 0 spiro atoms. The van der Waals surface area contributed by atoms with Crippen LogP contribution in [0, 0.1) is 6.92 Å². The monoisotopic (exact) mass is 448 g/mol. The highest BCUT2D eigenvalue weighted by molar-refractivity contribution is 7.90.